The number of esters is 1. The number of rotatable bonds is 7. The van der Waals surface area contributed by atoms with Crippen LogP contribution in [0, 0.1) is 0 Å². The summed E-state index contributed by atoms with van der Waals surface area (Å²) >= 11 is 6.32. The van der Waals surface area contributed by atoms with Gasteiger partial charge in [0.2, 0.25) is 0 Å². The van der Waals surface area contributed by atoms with Crippen LogP contribution in [0.4, 0.5) is 5.69 Å². The zero-order valence-corrected chi connectivity index (χ0v) is 21.7. The number of ketones is 1. The van der Waals surface area contributed by atoms with Crippen LogP contribution in [0.1, 0.15) is 27.5 Å². The van der Waals surface area contributed by atoms with Crippen molar-refractivity contribution in [2.24, 2.45) is 0 Å². The molecule has 4 rings (SSSR count). The Morgan fingerprint density at radius 2 is 1.61 bits per heavy atom. The molecule has 1 heterocycles. The van der Waals surface area contributed by atoms with Crippen LogP contribution in [0.3, 0.4) is 0 Å². The van der Waals surface area contributed by atoms with E-state index in [2.05, 4.69) is 0 Å². The van der Waals surface area contributed by atoms with Crippen LogP contribution >= 0.6 is 11.6 Å². The topological polar surface area (TPSA) is 112 Å². The van der Waals surface area contributed by atoms with Gasteiger partial charge in [0.1, 0.15) is 23.0 Å². The molecule has 0 aromatic heterocycles. The Balaban J connectivity index is 2.00. The van der Waals surface area contributed by atoms with Crippen molar-refractivity contribution in [1.29, 1.82) is 0 Å². The minimum absolute atomic E-state index is 0.0903. The van der Waals surface area contributed by atoms with E-state index in [4.69, 9.17) is 30.5 Å². The van der Waals surface area contributed by atoms with E-state index in [1.807, 2.05) is 0 Å². The number of Topliss-reactive ketones (excluding diaryl/α,β-unsaturated/α-hetero) is 1. The number of amides is 1. The molecule has 0 radical (unpaired) electrons. The zero-order chi connectivity index (χ0) is 27.6. The minimum atomic E-state index is -1.08. The molecule has 10 heteroatoms. The highest BCUT2D eigenvalue weighted by Gasteiger charge is 2.47. The molecule has 1 N–H and O–H groups in total. The normalized spacial score (nSPS) is 16.3. The Morgan fingerprint density at radius 1 is 0.895 bits per heavy atom. The molecule has 1 unspecified atom stereocenters. The standard InChI is InChI=1S/C28H24ClNO8/c1-35-18-10-6-7-15(12-18)24-23(25(31)19-13-20(29)22(37-3)14-21(19)36-2)26(32)27(33)30(24)17-9-5-8-16(11-17)28(34)38-4/h5-14,24,31H,1-4H3/b25-23+. The van der Waals surface area contributed by atoms with Crippen molar-refractivity contribution < 1.29 is 38.4 Å². The molecule has 1 aliphatic rings. The third-order valence-corrected chi connectivity index (χ3v) is 6.42. The number of benzene rings is 3. The second-order valence-corrected chi connectivity index (χ2v) is 8.58. The molecule has 1 amide bonds. The minimum Gasteiger partial charge on any atom is -0.507 e. The highest BCUT2D eigenvalue weighted by Crippen LogP contribution is 2.45. The molecule has 9 nitrogen and oxygen atoms in total. The number of anilines is 1. The molecule has 3 aromatic rings. The first-order valence-electron chi connectivity index (χ1n) is 11.3. The number of hydrogen-bond donors (Lipinski definition) is 1. The molecule has 1 atom stereocenters. The van der Waals surface area contributed by atoms with E-state index in [-0.39, 0.29) is 33.2 Å². The predicted molar refractivity (Wildman–Crippen MR) is 140 cm³/mol. The molecule has 3 aromatic carbocycles. The van der Waals surface area contributed by atoms with E-state index in [1.165, 1.54) is 57.6 Å². The van der Waals surface area contributed by atoms with Gasteiger partial charge in [0.25, 0.3) is 11.7 Å². The fourth-order valence-electron chi connectivity index (χ4n) is 4.32. The van der Waals surface area contributed by atoms with Crippen LogP contribution in [0.2, 0.25) is 5.02 Å². The number of halogens is 1. The number of nitrogens with zero attached hydrogens (tertiary/aromatic N) is 1. The lowest BCUT2D eigenvalue weighted by Crippen LogP contribution is -2.29. The summed E-state index contributed by atoms with van der Waals surface area (Å²) in [6, 6.07) is 14.6. The average Bonchev–Trinajstić information content (AvgIpc) is 3.22. The maximum atomic E-state index is 13.5. The monoisotopic (exact) mass is 537 g/mol. The Hall–Kier alpha value is -4.50. The SMILES string of the molecule is COC(=O)c1cccc(N2C(=O)C(=O)/C(=C(/O)c3cc(Cl)c(OC)cc3OC)C2c2cccc(OC)c2)c1. The molecule has 0 spiro atoms. The summed E-state index contributed by atoms with van der Waals surface area (Å²) in [5, 5.41) is 11.7. The molecule has 1 fully saturated rings. The zero-order valence-electron chi connectivity index (χ0n) is 21.0. The molecular weight excluding hydrogens is 514 g/mol. The smallest absolute Gasteiger partial charge is 0.337 e. The number of ether oxygens (including phenoxy) is 4. The number of methoxy groups -OCH3 is 4. The summed E-state index contributed by atoms with van der Waals surface area (Å²) < 4.78 is 20.8. The quantitative estimate of drug-likeness (QED) is 0.198. The summed E-state index contributed by atoms with van der Waals surface area (Å²) in [6.45, 7) is 0. The van der Waals surface area contributed by atoms with E-state index < -0.39 is 29.5 Å². The van der Waals surface area contributed by atoms with Crippen molar-refractivity contribution in [3.8, 4) is 17.2 Å². The number of hydrogen-bond acceptors (Lipinski definition) is 8. The van der Waals surface area contributed by atoms with Crippen molar-refractivity contribution in [3.05, 3.63) is 87.9 Å². The van der Waals surface area contributed by atoms with E-state index >= 15 is 0 Å². The number of carbonyl (C=O) groups is 3. The summed E-state index contributed by atoms with van der Waals surface area (Å²) in [7, 11) is 5.54. The fraction of sp³-hybridized carbons (Fsp3) is 0.179. The van der Waals surface area contributed by atoms with Gasteiger partial charge in [0.15, 0.2) is 0 Å². The van der Waals surface area contributed by atoms with E-state index in [9.17, 15) is 19.5 Å². The maximum absolute atomic E-state index is 13.5. The highest BCUT2D eigenvalue weighted by molar-refractivity contribution is 6.51. The molecule has 0 saturated carbocycles. The van der Waals surface area contributed by atoms with Crippen LogP contribution in [-0.4, -0.2) is 51.2 Å². The van der Waals surface area contributed by atoms with Gasteiger partial charge in [0, 0.05) is 11.8 Å². The van der Waals surface area contributed by atoms with Crippen molar-refractivity contribution in [2.45, 2.75) is 6.04 Å². The van der Waals surface area contributed by atoms with Gasteiger partial charge in [-0.15, -0.1) is 0 Å². The lowest BCUT2D eigenvalue weighted by atomic mass is 9.94. The third-order valence-electron chi connectivity index (χ3n) is 6.13. The van der Waals surface area contributed by atoms with Gasteiger partial charge in [-0.2, -0.15) is 0 Å². The van der Waals surface area contributed by atoms with Crippen LogP contribution in [0.15, 0.2) is 66.2 Å². The maximum Gasteiger partial charge on any atom is 0.337 e. The summed E-state index contributed by atoms with van der Waals surface area (Å²) in [6.07, 6.45) is 0. The lowest BCUT2D eigenvalue weighted by Gasteiger charge is -2.26. The molecule has 196 valence electrons. The Labute approximate surface area is 223 Å². The van der Waals surface area contributed by atoms with Crippen LogP contribution < -0.4 is 19.1 Å². The fourth-order valence-corrected chi connectivity index (χ4v) is 4.56. The van der Waals surface area contributed by atoms with Crippen LogP contribution in [0.5, 0.6) is 17.2 Å². The van der Waals surface area contributed by atoms with Crippen LogP contribution in [-0.2, 0) is 14.3 Å². The van der Waals surface area contributed by atoms with Crippen molar-refractivity contribution >= 4 is 40.7 Å². The van der Waals surface area contributed by atoms with Crippen LogP contribution in [0.25, 0.3) is 5.76 Å². The molecule has 1 saturated heterocycles. The first-order chi connectivity index (χ1) is 18.2. The van der Waals surface area contributed by atoms with E-state index in [1.54, 1.807) is 36.4 Å². The van der Waals surface area contributed by atoms with E-state index in [0.717, 1.165) is 0 Å². The molecule has 1 aliphatic heterocycles. The van der Waals surface area contributed by atoms with Crippen molar-refractivity contribution in [3.63, 3.8) is 0 Å². The second-order valence-electron chi connectivity index (χ2n) is 8.17. The van der Waals surface area contributed by atoms with E-state index in [0.29, 0.717) is 17.1 Å². The lowest BCUT2D eigenvalue weighted by molar-refractivity contribution is -0.132. The van der Waals surface area contributed by atoms with Crippen molar-refractivity contribution in [2.75, 3.05) is 33.3 Å². The Morgan fingerprint density at radius 3 is 2.26 bits per heavy atom. The molecule has 0 aliphatic carbocycles. The third kappa shape index (κ3) is 4.64. The molecule has 0 bridgehead atoms. The number of aliphatic hydroxyl groups excluding tert-OH is 1. The first-order valence-corrected chi connectivity index (χ1v) is 11.7. The number of aliphatic hydroxyl groups is 1. The van der Waals surface area contributed by atoms with Gasteiger partial charge in [-0.3, -0.25) is 14.5 Å². The largest absolute Gasteiger partial charge is 0.507 e. The summed E-state index contributed by atoms with van der Waals surface area (Å²) in [4.78, 5) is 40.4. The Bertz CT molecular complexity index is 1460. The first kappa shape index (κ1) is 26.6. The van der Waals surface area contributed by atoms with Gasteiger partial charge < -0.3 is 24.1 Å². The van der Waals surface area contributed by atoms with Crippen molar-refractivity contribution in [1.82, 2.24) is 0 Å². The highest BCUT2D eigenvalue weighted by atomic mass is 35.5. The van der Waals surface area contributed by atoms with Gasteiger partial charge in [-0.1, -0.05) is 29.8 Å². The second kappa shape index (κ2) is 10.9. The average molecular weight is 538 g/mol. The van der Waals surface area contributed by atoms with Gasteiger partial charge >= 0.3 is 5.97 Å². The molecule has 38 heavy (non-hydrogen) atoms. The predicted octanol–water partition coefficient (Wildman–Crippen LogP) is 4.78. The van der Waals surface area contributed by atoms with Gasteiger partial charge in [-0.05, 0) is 42.0 Å². The Kier molecular flexibility index (Phi) is 7.59. The van der Waals surface area contributed by atoms with Gasteiger partial charge in [0.05, 0.1) is 56.2 Å². The molecular formula is C28H24ClNO8. The summed E-state index contributed by atoms with van der Waals surface area (Å²) in [5.41, 5.74) is 0.799. The summed E-state index contributed by atoms with van der Waals surface area (Å²) in [5.74, 6) is -2.01. The number of carbonyl (C=O) groups excluding carboxylic acids is 3. The van der Waals surface area contributed by atoms with Gasteiger partial charge in [-0.25, -0.2) is 4.79 Å².